The highest BCUT2D eigenvalue weighted by atomic mass is 16.5. The summed E-state index contributed by atoms with van der Waals surface area (Å²) in [5.74, 6) is 0.893. The lowest BCUT2D eigenvalue weighted by Gasteiger charge is -2.20. The smallest absolute Gasteiger partial charge is 0.247 e. The number of amides is 1. The van der Waals surface area contributed by atoms with Crippen LogP contribution in [0.4, 0.5) is 5.95 Å². The van der Waals surface area contributed by atoms with Gasteiger partial charge in [0.2, 0.25) is 11.9 Å². The van der Waals surface area contributed by atoms with Crippen LogP contribution in [0.5, 0.6) is 0 Å². The van der Waals surface area contributed by atoms with Crippen LogP contribution in [0.25, 0.3) is 6.08 Å². The van der Waals surface area contributed by atoms with E-state index >= 15 is 0 Å². The van der Waals surface area contributed by atoms with Crippen LogP contribution in [0, 0.1) is 6.92 Å². The molecule has 1 saturated heterocycles. The van der Waals surface area contributed by atoms with Gasteiger partial charge in [0.05, 0.1) is 11.7 Å². The lowest BCUT2D eigenvalue weighted by atomic mass is 10.1. The molecule has 2 N–H and O–H groups in total. The van der Waals surface area contributed by atoms with E-state index < -0.39 is 0 Å². The molecule has 1 atom stereocenters. The normalized spacial score (nSPS) is 18.2. The zero-order valence-electron chi connectivity index (χ0n) is 12.3. The fourth-order valence-corrected chi connectivity index (χ4v) is 2.56. The van der Waals surface area contributed by atoms with Crippen LogP contribution in [-0.4, -0.2) is 32.5 Å². The minimum atomic E-state index is -0.0617. The molecule has 0 aromatic carbocycles. The van der Waals surface area contributed by atoms with Crippen LogP contribution in [0.2, 0.25) is 0 Å². The van der Waals surface area contributed by atoms with E-state index in [2.05, 4.69) is 15.1 Å². The van der Waals surface area contributed by atoms with Gasteiger partial charge in [0.15, 0.2) is 5.76 Å². The molecular formula is C15H17N5O2. The number of nitrogens with two attached hydrogens (primary N) is 1. The first-order valence-electron chi connectivity index (χ1n) is 7.13. The maximum Gasteiger partial charge on any atom is 0.247 e. The number of hydrogen-bond acceptors (Lipinski definition) is 6. The molecule has 1 aliphatic heterocycles. The summed E-state index contributed by atoms with van der Waals surface area (Å²) in [5.41, 5.74) is 6.98. The average Bonchev–Trinajstić information content (AvgIpc) is 3.14. The number of carbonyl (C=O) groups excluding carboxylic acids is 1. The summed E-state index contributed by atoms with van der Waals surface area (Å²) in [7, 11) is 0. The van der Waals surface area contributed by atoms with Crippen molar-refractivity contribution in [3.8, 4) is 0 Å². The summed E-state index contributed by atoms with van der Waals surface area (Å²) in [5, 5.41) is 3.90. The molecule has 0 bridgehead atoms. The van der Waals surface area contributed by atoms with Crippen LogP contribution < -0.4 is 5.73 Å². The molecule has 3 rings (SSSR count). The van der Waals surface area contributed by atoms with Crippen LogP contribution in [0.15, 0.2) is 29.1 Å². The molecule has 0 saturated carbocycles. The van der Waals surface area contributed by atoms with Crippen LogP contribution in [0.1, 0.15) is 35.9 Å². The van der Waals surface area contributed by atoms with E-state index in [9.17, 15) is 4.79 Å². The molecule has 22 heavy (non-hydrogen) atoms. The first kappa shape index (κ1) is 14.2. The Hall–Kier alpha value is -2.70. The Labute approximate surface area is 127 Å². The molecular weight excluding hydrogens is 282 g/mol. The van der Waals surface area contributed by atoms with E-state index in [0.717, 1.165) is 29.9 Å². The van der Waals surface area contributed by atoms with E-state index in [4.69, 9.17) is 10.3 Å². The fraction of sp³-hybridized carbons (Fsp3) is 0.333. The fourth-order valence-electron chi connectivity index (χ4n) is 2.56. The maximum atomic E-state index is 12.4. The third-order valence-corrected chi connectivity index (χ3v) is 3.62. The molecule has 0 spiro atoms. The van der Waals surface area contributed by atoms with Gasteiger partial charge in [0, 0.05) is 36.6 Å². The number of hydrogen-bond donors (Lipinski definition) is 1. The first-order valence-corrected chi connectivity index (χ1v) is 7.13. The molecule has 0 radical (unpaired) electrons. The molecule has 2 aromatic rings. The van der Waals surface area contributed by atoms with Gasteiger partial charge in [-0.05, 0) is 25.8 Å². The Morgan fingerprint density at radius 1 is 1.45 bits per heavy atom. The molecule has 7 heteroatoms. The van der Waals surface area contributed by atoms with E-state index in [-0.39, 0.29) is 17.9 Å². The number of likely N-dealkylation sites (tertiary alicyclic amines) is 1. The molecule has 1 unspecified atom stereocenters. The van der Waals surface area contributed by atoms with Crippen molar-refractivity contribution in [1.82, 2.24) is 20.0 Å². The van der Waals surface area contributed by atoms with E-state index in [1.54, 1.807) is 23.4 Å². The molecule has 2 aromatic heterocycles. The largest absolute Gasteiger partial charge is 0.368 e. The Morgan fingerprint density at radius 2 is 2.23 bits per heavy atom. The molecule has 1 amide bonds. The summed E-state index contributed by atoms with van der Waals surface area (Å²) >= 11 is 0. The molecule has 3 heterocycles. The van der Waals surface area contributed by atoms with E-state index in [0.29, 0.717) is 6.54 Å². The van der Waals surface area contributed by atoms with Crippen LogP contribution in [0.3, 0.4) is 0 Å². The summed E-state index contributed by atoms with van der Waals surface area (Å²) in [6.45, 7) is 2.58. The molecule has 0 aliphatic carbocycles. The van der Waals surface area contributed by atoms with Gasteiger partial charge in [-0.15, -0.1) is 0 Å². The highest BCUT2D eigenvalue weighted by molar-refractivity contribution is 5.92. The number of anilines is 1. The van der Waals surface area contributed by atoms with Gasteiger partial charge in [0.1, 0.15) is 0 Å². The zero-order valence-corrected chi connectivity index (χ0v) is 12.3. The lowest BCUT2D eigenvalue weighted by Crippen LogP contribution is -2.28. The number of rotatable bonds is 3. The van der Waals surface area contributed by atoms with Crippen molar-refractivity contribution in [3.05, 3.63) is 41.6 Å². The number of carbonyl (C=O) groups is 1. The minimum absolute atomic E-state index is 0.0407. The Bertz CT molecular complexity index is 692. The second-order valence-electron chi connectivity index (χ2n) is 5.27. The Morgan fingerprint density at radius 3 is 2.91 bits per heavy atom. The summed E-state index contributed by atoms with van der Waals surface area (Å²) in [6, 6.07) is 1.84. The second kappa shape index (κ2) is 5.97. The van der Waals surface area contributed by atoms with Crippen molar-refractivity contribution in [2.75, 3.05) is 12.3 Å². The van der Waals surface area contributed by atoms with E-state index in [1.165, 1.54) is 6.08 Å². The van der Waals surface area contributed by atoms with Crippen molar-refractivity contribution in [2.45, 2.75) is 25.8 Å². The molecule has 1 aliphatic rings. The number of aryl methyl sites for hydroxylation is 1. The Balaban J connectivity index is 1.72. The summed E-state index contributed by atoms with van der Waals surface area (Å²) in [4.78, 5) is 22.0. The van der Waals surface area contributed by atoms with Gasteiger partial charge in [0.25, 0.3) is 0 Å². The summed E-state index contributed by atoms with van der Waals surface area (Å²) in [6.07, 6.45) is 8.20. The highest BCUT2D eigenvalue weighted by Crippen LogP contribution is 2.32. The van der Waals surface area contributed by atoms with Crippen molar-refractivity contribution >= 4 is 17.9 Å². The summed E-state index contributed by atoms with van der Waals surface area (Å²) < 4.78 is 5.30. The predicted molar refractivity (Wildman–Crippen MR) is 80.4 cm³/mol. The Kier molecular flexibility index (Phi) is 3.86. The molecule has 114 valence electrons. The van der Waals surface area contributed by atoms with Gasteiger partial charge in [-0.1, -0.05) is 5.16 Å². The van der Waals surface area contributed by atoms with Gasteiger partial charge in [-0.3, -0.25) is 4.79 Å². The van der Waals surface area contributed by atoms with Gasteiger partial charge < -0.3 is 15.2 Å². The quantitative estimate of drug-likeness (QED) is 0.867. The van der Waals surface area contributed by atoms with Crippen molar-refractivity contribution in [3.63, 3.8) is 0 Å². The van der Waals surface area contributed by atoms with Gasteiger partial charge in [-0.2, -0.15) is 0 Å². The first-order chi connectivity index (χ1) is 10.6. The van der Waals surface area contributed by atoms with Crippen molar-refractivity contribution < 1.29 is 9.32 Å². The van der Waals surface area contributed by atoms with Crippen molar-refractivity contribution in [1.29, 1.82) is 0 Å². The lowest BCUT2D eigenvalue weighted by molar-refractivity contribution is -0.127. The second-order valence-corrected chi connectivity index (χ2v) is 5.27. The number of nitrogen functional groups attached to an aromatic ring is 1. The topological polar surface area (TPSA) is 98.1 Å². The van der Waals surface area contributed by atoms with Gasteiger partial charge >= 0.3 is 0 Å². The standard InChI is InChI=1S/C15H17N5O2/c1-10-7-13(22-19-10)12-3-2-6-20(12)14(21)5-4-11-8-17-15(16)18-9-11/h4-5,7-9,12H,2-3,6H2,1H3,(H2,16,17,18)/b5-4+. The van der Waals surface area contributed by atoms with Gasteiger partial charge in [-0.25, -0.2) is 9.97 Å². The minimum Gasteiger partial charge on any atom is -0.368 e. The van der Waals surface area contributed by atoms with Crippen LogP contribution in [-0.2, 0) is 4.79 Å². The SMILES string of the molecule is Cc1cc(C2CCCN2C(=O)/C=C/c2cnc(N)nc2)on1. The monoisotopic (exact) mass is 299 g/mol. The number of aromatic nitrogens is 3. The molecule has 7 nitrogen and oxygen atoms in total. The van der Waals surface area contributed by atoms with E-state index in [1.807, 2.05) is 13.0 Å². The van der Waals surface area contributed by atoms with Crippen LogP contribution >= 0.6 is 0 Å². The zero-order chi connectivity index (χ0) is 15.5. The maximum absolute atomic E-state index is 12.4. The number of nitrogens with zero attached hydrogens (tertiary/aromatic N) is 4. The predicted octanol–water partition coefficient (Wildman–Crippen LogP) is 1.73. The average molecular weight is 299 g/mol. The van der Waals surface area contributed by atoms with Crippen molar-refractivity contribution in [2.24, 2.45) is 0 Å². The third-order valence-electron chi connectivity index (χ3n) is 3.62. The highest BCUT2D eigenvalue weighted by Gasteiger charge is 2.31. The molecule has 1 fully saturated rings. The third kappa shape index (κ3) is 2.98.